The number of hydrogen-bond donors (Lipinski definition) is 0. The van der Waals surface area contributed by atoms with E-state index in [0.29, 0.717) is 25.3 Å². The zero-order valence-corrected chi connectivity index (χ0v) is 19.5. The predicted octanol–water partition coefficient (Wildman–Crippen LogP) is 4.29. The lowest BCUT2D eigenvalue weighted by Gasteiger charge is -2.32. The van der Waals surface area contributed by atoms with E-state index >= 15 is 0 Å². The van der Waals surface area contributed by atoms with Crippen LogP contribution in [0.3, 0.4) is 0 Å². The first-order valence-electron chi connectivity index (χ1n) is 11.0. The molecular weight excluding hydrogens is 450 g/mol. The summed E-state index contributed by atoms with van der Waals surface area (Å²) >= 11 is 6.19. The third-order valence-corrected chi connectivity index (χ3v) is 6.12. The average Bonchev–Trinajstić information content (AvgIpc) is 3.50. The molecule has 1 saturated heterocycles. The number of non-ortho nitro benzene ring substituents is 1. The van der Waals surface area contributed by atoms with Gasteiger partial charge in [-0.05, 0) is 44.4 Å². The molecule has 2 atom stereocenters. The molecule has 3 rings (SSSR count). The van der Waals surface area contributed by atoms with Crippen LogP contribution in [0.4, 0.5) is 5.69 Å². The lowest BCUT2D eigenvalue weighted by atomic mass is 10.1. The second-order valence-corrected chi connectivity index (χ2v) is 8.51. The number of nitrogens with zero attached hydrogens (tertiary/aromatic N) is 3. The van der Waals surface area contributed by atoms with Crippen molar-refractivity contribution in [3.8, 4) is 0 Å². The maximum Gasteiger partial charge on any atom is 0.270 e. The molecule has 1 aromatic carbocycles. The first-order valence-corrected chi connectivity index (χ1v) is 11.3. The SMILES string of the molecule is CC[C@H](C)N(CC(=O)N(Cc1ccco1)C[C@H]1CCCO1)C(=O)c1ccc([N+](=O)[O-])cc1Cl. The van der Waals surface area contributed by atoms with E-state index in [1.54, 1.807) is 23.3 Å². The largest absolute Gasteiger partial charge is 0.467 e. The van der Waals surface area contributed by atoms with Crippen LogP contribution in [-0.4, -0.2) is 58.4 Å². The molecule has 0 saturated carbocycles. The molecule has 178 valence electrons. The van der Waals surface area contributed by atoms with Gasteiger partial charge in [-0.2, -0.15) is 0 Å². The Morgan fingerprint density at radius 3 is 2.70 bits per heavy atom. The zero-order chi connectivity index (χ0) is 24.0. The monoisotopic (exact) mass is 477 g/mol. The lowest BCUT2D eigenvalue weighted by Crippen LogP contribution is -2.48. The molecule has 2 aromatic rings. The summed E-state index contributed by atoms with van der Waals surface area (Å²) in [5.74, 6) is -0.0533. The van der Waals surface area contributed by atoms with Gasteiger partial charge in [-0.15, -0.1) is 0 Å². The predicted molar refractivity (Wildman–Crippen MR) is 122 cm³/mol. The summed E-state index contributed by atoms with van der Waals surface area (Å²) in [4.78, 5) is 40.2. The second-order valence-electron chi connectivity index (χ2n) is 8.10. The molecule has 0 radical (unpaired) electrons. The van der Waals surface area contributed by atoms with Gasteiger partial charge in [0.1, 0.15) is 12.3 Å². The van der Waals surface area contributed by atoms with Gasteiger partial charge < -0.3 is 19.0 Å². The molecule has 0 N–H and O–H groups in total. The van der Waals surface area contributed by atoms with Crippen molar-refractivity contribution in [2.45, 2.75) is 51.8 Å². The number of nitro groups is 1. The first kappa shape index (κ1) is 24.7. The van der Waals surface area contributed by atoms with Crippen LogP contribution >= 0.6 is 11.6 Å². The summed E-state index contributed by atoms with van der Waals surface area (Å²) in [5.41, 5.74) is -0.0871. The molecule has 0 unspecified atom stereocenters. The van der Waals surface area contributed by atoms with Crippen molar-refractivity contribution in [2.75, 3.05) is 19.7 Å². The average molecular weight is 478 g/mol. The normalized spacial score (nSPS) is 16.4. The molecule has 1 fully saturated rings. The van der Waals surface area contributed by atoms with Crippen molar-refractivity contribution >= 4 is 29.1 Å². The zero-order valence-electron chi connectivity index (χ0n) is 18.7. The van der Waals surface area contributed by atoms with Crippen molar-refractivity contribution in [3.05, 3.63) is 63.1 Å². The van der Waals surface area contributed by atoms with Gasteiger partial charge in [-0.25, -0.2) is 0 Å². The fourth-order valence-electron chi connectivity index (χ4n) is 3.72. The summed E-state index contributed by atoms with van der Waals surface area (Å²) in [7, 11) is 0. The molecule has 2 heterocycles. The molecule has 0 bridgehead atoms. The number of benzene rings is 1. The van der Waals surface area contributed by atoms with Crippen LogP contribution < -0.4 is 0 Å². The smallest absolute Gasteiger partial charge is 0.270 e. The minimum absolute atomic E-state index is 0.0262. The Kier molecular flexibility index (Phi) is 8.46. The number of nitro benzene ring substituents is 1. The summed E-state index contributed by atoms with van der Waals surface area (Å²) in [5, 5.41) is 11.0. The standard InChI is InChI=1S/C23H28ClN3O6/c1-3-16(2)26(23(29)20-9-8-17(27(30)31)12-21(20)24)15-22(28)25(13-18-6-4-10-32-18)14-19-7-5-11-33-19/h4,6,8-10,12,16,19H,3,5,7,11,13-15H2,1-2H3/t16-,19+/m0/s1. The molecule has 10 heteroatoms. The Morgan fingerprint density at radius 2 is 2.12 bits per heavy atom. The van der Waals surface area contributed by atoms with Gasteiger partial charge in [0.2, 0.25) is 5.91 Å². The number of furan rings is 1. The highest BCUT2D eigenvalue weighted by Gasteiger charge is 2.29. The van der Waals surface area contributed by atoms with E-state index in [4.69, 9.17) is 20.8 Å². The summed E-state index contributed by atoms with van der Waals surface area (Å²) < 4.78 is 11.1. The van der Waals surface area contributed by atoms with E-state index in [1.165, 1.54) is 17.0 Å². The first-order chi connectivity index (χ1) is 15.8. The minimum Gasteiger partial charge on any atom is -0.467 e. The molecular formula is C23H28ClN3O6. The van der Waals surface area contributed by atoms with Crippen LogP contribution in [0.5, 0.6) is 0 Å². The van der Waals surface area contributed by atoms with Gasteiger partial charge in [0.15, 0.2) is 0 Å². The summed E-state index contributed by atoms with van der Waals surface area (Å²) in [6.45, 7) is 4.95. The van der Waals surface area contributed by atoms with E-state index in [9.17, 15) is 19.7 Å². The Balaban J connectivity index is 1.81. The molecule has 9 nitrogen and oxygen atoms in total. The Labute approximate surface area is 197 Å². The fourth-order valence-corrected chi connectivity index (χ4v) is 3.97. The highest BCUT2D eigenvalue weighted by atomic mass is 35.5. The van der Waals surface area contributed by atoms with Gasteiger partial charge in [0.25, 0.3) is 11.6 Å². The molecule has 1 aliphatic rings. The number of rotatable bonds is 10. The molecule has 2 amide bonds. The number of amides is 2. The summed E-state index contributed by atoms with van der Waals surface area (Å²) in [6, 6.07) is 7.01. The number of ether oxygens (including phenoxy) is 1. The third kappa shape index (κ3) is 6.33. The van der Waals surface area contributed by atoms with Crippen LogP contribution in [0.2, 0.25) is 5.02 Å². The van der Waals surface area contributed by atoms with Crippen LogP contribution in [-0.2, 0) is 16.1 Å². The van der Waals surface area contributed by atoms with Gasteiger partial charge in [0, 0.05) is 31.3 Å². The number of carbonyl (C=O) groups is 2. The number of hydrogen-bond acceptors (Lipinski definition) is 6. The van der Waals surface area contributed by atoms with Crippen molar-refractivity contribution in [3.63, 3.8) is 0 Å². The molecule has 1 aliphatic heterocycles. The van der Waals surface area contributed by atoms with Crippen LogP contribution in [0.25, 0.3) is 0 Å². The van der Waals surface area contributed by atoms with E-state index in [-0.39, 0.29) is 47.4 Å². The fraction of sp³-hybridized carbons (Fsp3) is 0.478. The number of halogens is 1. The van der Waals surface area contributed by atoms with Crippen molar-refractivity contribution < 1.29 is 23.7 Å². The van der Waals surface area contributed by atoms with E-state index in [2.05, 4.69) is 0 Å². The quantitative estimate of drug-likeness (QED) is 0.373. The van der Waals surface area contributed by atoms with Gasteiger partial charge in [0.05, 0.1) is 34.4 Å². The van der Waals surface area contributed by atoms with Gasteiger partial charge >= 0.3 is 0 Å². The van der Waals surface area contributed by atoms with Crippen LogP contribution in [0.15, 0.2) is 41.0 Å². The number of carbonyl (C=O) groups excluding carboxylic acids is 2. The van der Waals surface area contributed by atoms with Gasteiger partial charge in [-0.3, -0.25) is 19.7 Å². The van der Waals surface area contributed by atoms with Gasteiger partial charge in [-0.1, -0.05) is 18.5 Å². The van der Waals surface area contributed by atoms with Crippen LogP contribution in [0, 0.1) is 10.1 Å². The maximum absolute atomic E-state index is 13.4. The Hall–Kier alpha value is -2.91. The van der Waals surface area contributed by atoms with Crippen LogP contribution in [0.1, 0.15) is 49.2 Å². The van der Waals surface area contributed by atoms with Crippen molar-refractivity contribution in [2.24, 2.45) is 0 Å². The minimum atomic E-state index is -0.576. The Morgan fingerprint density at radius 1 is 1.33 bits per heavy atom. The van der Waals surface area contributed by atoms with E-state index < -0.39 is 10.8 Å². The van der Waals surface area contributed by atoms with E-state index in [0.717, 1.165) is 18.9 Å². The topological polar surface area (TPSA) is 106 Å². The second kappa shape index (κ2) is 11.3. The molecule has 1 aromatic heterocycles. The Bertz CT molecular complexity index is 975. The highest BCUT2D eigenvalue weighted by molar-refractivity contribution is 6.34. The molecule has 0 spiro atoms. The van der Waals surface area contributed by atoms with Crippen molar-refractivity contribution in [1.29, 1.82) is 0 Å². The maximum atomic E-state index is 13.4. The van der Waals surface area contributed by atoms with Crippen molar-refractivity contribution in [1.82, 2.24) is 9.80 Å². The molecule has 0 aliphatic carbocycles. The molecule has 33 heavy (non-hydrogen) atoms. The highest BCUT2D eigenvalue weighted by Crippen LogP contribution is 2.25. The van der Waals surface area contributed by atoms with E-state index in [1.807, 2.05) is 13.8 Å². The third-order valence-electron chi connectivity index (χ3n) is 5.81. The lowest BCUT2D eigenvalue weighted by molar-refractivity contribution is -0.384. The summed E-state index contributed by atoms with van der Waals surface area (Å²) in [6.07, 6.45) is 3.93.